The lowest BCUT2D eigenvalue weighted by molar-refractivity contribution is 0.879. The van der Waals surface area contributed by atoms with Crippen LogP contribution in [0.4, 0.5) is 0 Å². The minimum absolute atomic E-state index is 0.0690. The summed E-state index contributed by atoms with van der Waals surface area (Å²) < 4.78 is 1.66. The molecule has 86 valence electrons. The lowest BCUT2D eigenvalue weighted by atomic mass is 10.2. The van der Waals surface area contributed by atoms with Crippen molar-refractivity contribution in [1.29, 1.82) is 0 Å². The number of benzene rings is 1. The molecular formula is C10H11N7. The van der Waals surface area contributed by atoms with Gasteiger partial charge in [0.15, 0.2) is 0 Å². The molecule has 0 spiro atoms. The molecule has 2 rings (SSSR count). The van der Waals surface area contributed by atoms with E-state index in [0.717, 1.165) is 11.3 Å². The monoisotopic (exact) mass is 229 g/mol. The quantitative estimate of drug-likeness (QED) is 0.434. The lowest BCUT2D eigenvalue weighted by Gasteiger charge is -1.99. The highest BCUT2D eigenvalue weighted by Crippen LogP contribution is 2.06. The molecule has 0 bridgehead atoms. The molecule has 0 atom stereocenters. The minimum atomic E-state index is -0.0690. The zero-order valence-electron chi connectivity index (χ0n) is 8.93. The van der Waals surface area contributed by atoms with E-state index in [2.05, 4.69) is 20.3 Å². The Labute approximate surface area is 97.5 Å². The molecule has 7 heteroatoms. The van der Waals surface area contributed by atoms with Crippen molar-refractivity contribution >= 4 is 12.2 Å². The Balaban J connectivity index is 2.14. The van der Waals surface area contributed by atoms with E-state index in [-0.39, 0.29) is 5.96 Å². The van der Waals surface area contributed by atoms with E-state index in [4.69, 9.17) is 11.5 Å². The summed E-state index contributed by atoms with van der Waals surface area (Å²) in [6, 6.07) is 7.54. The highest BCUT2D eigenvalue weighted by atomic mass is 15.3. The molecule has 0 amide bonds. The van der Waals surface area contributed by atoms with Crippen LogP contribution in [0.1, 0.15) is 5.56 Å². The second kappa shape index (κ2) is 4.88. The van der Waals surface area contributed by atoms with Crippen LogP contribution in [0.3, 0.4) is 0 Å². The Hall–Kier alpha value is -2.70. The van der Waals surface area contributed by atoms with Crippen molar-refractivity contribution in [3.8, 4) is 5.69 Å². The molecule has 1 aromatic carbocycles. The molecule has 1 heterocycles. The zero-order valence-corrected chi connectivity index (χ0v) is 8.93. The van der Waals surface area contributed by atoms with Crippen molar-refractivity contribution in [3.63, 3.8) is 0 Å². The number of guanidine groups is 1. The summed E-state index contributed by atoms with van der Waals surface area (Å²) in [7, 11) is 0. The molecule has 1 aromatic heterocycles. The first kappa shape index (κ1) is 10.8. The van der Waals surface area contributed by atoms with Crippen molar-refractivity contribution in [2.75, 3.05) is 0 Å². The van der Waals surface area contributed by atoms with E-state index in [1.165, 1.54) is 6.33 Å². The maximum Gasteiger partial charge on any atom is 0.211 e. The van der Waals surface area contributed by atoms with E-state index in [1.807, 2.05) is 24.3 Å². The van der Waals surface area contributed by atoms with Crippen LogP contribution in [0.15, 0.2) is 47.1 Å². The predicted octanol–water partition coefficient (Wildman–Crippen LogP) is -0.125. The van der Waals surface area contributed by atoms with Gasteiger partial charge in [-0.15, -0.1) is 5.10 Å². The highest BCUT2D eigenvalue weighted by Gasteiger charge is 1.95. The largest absolute Gasteiger partial charge is 0.369 e. The average Bonchev–Trinajstić information content (AvgIpc) is 2.83. The first-order chi connectivity index (χ1) is 8.25. The average molecular weight is 229 g/mol. The van der Waals surface area contributed by atoms with Gasteiger partial charge in [-0.1, -0.05) is 12.1 Å². The van der Waals surface area contributed by atoms with Crippen molar-refractivity contribution in [1.82, 2.24) is 14.8 Å². The fraction of sp³-hybridized carbons (Fsp3) is 0. The van der Waals surface area contributed by atoms with Gasteiger partial charge in [-0.05, 0) is 17.7 Å². The maximum atomic E-state index is 5.14. The fourth-order valence-corrected chi connectivity index (χ4v) is 1.22. The summed E-state index contributed by atoms with van der Waals surface area (Å²) >= 11 is 0. The van der Waals surface area contributed by atoms with Crippen molar-refractivity contribution < 1.29 is 0 Å². The molecule has 0 aliphatic heterocycles. The van der Waals surface area contributed by atoms with Gasteiger partial charge >= 0.3 is 0 Å². The first-order valence-corrected chi connectivity index (χ1v) is 4.83. The van der Waals surface area contributed by atoms with Crippen molar-refractivity contribution in [2.45, 2.75) is 0 Å². The minimum Gasteiger partial charge on any atom is -0.369 e. The molecular weight excluding hydrogens is 218 g/mol. The third kappa shape index (κ3) is 2.88. The summed E-state index contributed by atoms with van der Waals surface area (Å²) in [6.07, 6.45) is 4.67. The van der Waals surface area contributed by atoms with Gasteiger partial charge in [0.1, 0.15) is 12.7 Å². The zero-order chi connectivity index (χ0) is 12.1. The highest BCUT2D eigenvalue weighted by molar-refractivity contribution is 5.81. The number of hydrogen-bond donors (Lipinski definition) is 2. The Morgan fingerprint density at radius 1 is 1.24 bits per heavy atom. The number of hydrogen-bond acceptors (Lipinski definition) is 4. The molecule has 0 aliphatic carbocycles. The van der Waals surface area contributed by atoms with Gasteiger partial charge in [0.2, 0.25) is 5.96 Å². The van der Waals surface area contributed by atoms with Gasteiger partial charge in [-0.3, -0.25) is 0 Å². The molecule has 0 unspecified atom stereocenters. The fourth-order valence-electron chi connectivity index (χ4n) is 1.22. The molecule has 2 aromatic rings. The van der Waals surface area contributed by atoms with Crippen LogP contribution in [0, 0.1) is 0 Å². The van der Waals surface area contributed by atoms with Crippen LogP contribution in [-0.2, 0) is 0 Å². The number of nitrogens with two attached hydrogens (primary N) is 2. The van der Waals surface area contributed by atoms with Crippen LogP contribution >= 0.6 is 0 Å². The van der Waals surface area contributed by atoms with Gasteiger partial charge in [0.05, 0.1) is 11.9 Å². The maximum absolute atomic E-state index is 5.14. The Bertz CT molecular complexity index is 520. The number of nitrogens with zero attached hydrogens (tertiary/aromatic N) is 5. The molecule has 0 saturated carbocycles. The van der Waals surface area contributed by atoms with Gasteiger partial charge in [-0.25, -0.2) is 9.67 Å². The van der Waals surface area contributed by atoms with E-state index in [0.29, 0.717) is 0 Å². The Morgan fingerprint density at radius 3 is 2.59 bits per heavy atom. The molecule has 4 N–H and O–H groups in total. The molecule has 17 heavy (non-hydrogen) atoms. The number of rotatable bonds is 3. The molecule has 0 radical (unpaired) electrons. The molecule has 0 saturated heterocycles. The van der Waals surface area contributed by atoms with Crippen LogP contribution in [0.5, 0.6) is 0 Å². The third-order valence-corrected chi connectivity index (χ3v) is 1.96. The summed E-state index contributed by atoms with van der Waals surface area (Å²) in [6.45, 7) is 0. The topological polar surface area (TPSA) is 107 Å². The Morgan fingerprint density at radius 2 is 2.00 bits per heavy atom. The van der Waals surface area contributed by atoms with Crippen molar-refractivity contribution in [2.24, 2.45) is 21.7 Å². The summed E-state index contributed by atoms with van der Waals surface area (Å²) in [5.41, 5.74) is 12.1. The normalized spacial score (nSPS) is 10.6. The standard InChI is InChI=1S/C10H11N7/c11-10(12)16-14-5-8-1-3-9(4-2-8)17-7-13-6-15-17/h1-7H,(H4,11,12,16). The van der Waals surface area contributed by atoms with Crippen LogP contribution in [0.25, 0.3) is 5.69 Å². The van der Waals surface area contributed by atoms with E-state index in [1.54, 1.807) is 17.2 Å². The van der Waals surface area contributed by atoms with Gasteiger partial charge < -0.3 is 11.5 Å². The summed E-state index contributed by atoms with van der Waals surface area (Å²) in [5.74, 6) is -0.0690. The first-order valence-electron chi connectivity index (χ1n) is 4.83. The third-order valence-electron chi connectivity index (χ3n) is 1.96. The number of aromatic nitrogens is 3. The van der Waals surface area contributed by atoms with Gasteiger partial charge in [0, 0.05) is 0 Å². The van der Waals surface area contributed by atoms with Crippen LogP contribution in [0.2, 0.25) is 0 Å². The predicted molar refractivity (Wildman–Crippen MR) is 64.8 cm³/mol. The van der Waals surface area contributed by atoms with E-state index >= 15 is 0 Å². The van der Waals surface area contributed by atoms with Crippen molar-refractivity contribution in [3.05, 3.63) is 42.5 Å². The van der Waals surface area contributed by atoms with Gasteiger partial charge in [0.25, 0.3) is 0 Å². The molecule has 0 fully saturated rings. The van der Waals surface area contributed by atoms with E-state index < -0.39 is 0 Å². The Kier molecular flexibility index (Phi) is 3.10. The van der Waals surface area contributed by atoms with Crippen LogP contribution in [-0.4, -0.2) is 26.9 Å². The van der Waals surface area contributed by atoms with Crippen LogP contribution < -0.4 is 11.5 Å². The van der Waals surface area contributed by atoms with E-state index in [9.17, 15) is 0 Å². The summed E-state index contributed by atoms with van der Waals surface area (Å²) in [4.78, 5) is 3.87. The lowest BCUT2D eigenvalue weighted by Crippen LogP contribution is -2.21. The second-order valence-corrected chi connectivity index (χ2v) is 3.20. The smallest absolute Gasteiger partial charge is 0.211 e. The second-order valence-electron chi connectivity index (χ2n) is 3.20. The van der Waals surface area contributed by atoms with Gasteiger partial charge in [-0.2, -0.15) is 10.2 Å². The summed E-state index contributed by atoms with van der Waals surface area (Å²) in [5, 5.41) is 11.2. The molecule has 7 nitrogen and oxygen atoms in total. The SMILES string of the molecule is NC(N)=NN=Cc1ccc(-n2cncn2)cc1. The molecule has 0 aliphatic rings.